The molecule has 0 atom stereocenters. The smallest absolute Gasteiger partial charge is 0.331 e. The van der Waals surface area contributed by atoms with Crippen LogP contribution in [0, 0.1) is 3.57 Å². The number of halogens is 1. The number of H-pyrrole nitrogens is 1. The second-order valence-electron chi connectivity index (χ2n) is 9.71. The first-order chi connectivity index (χ1) is 17.0. The molecule has 2 aromatic carbocycles. The van der Waals surface area contributed by atoms with Gasteiger partial charge in [-0.25, -0.2) is 4.79 Å². The van der Waals surface area contributed by atoms with Gasteiger partial charge in [0.1, 0.15) is 0 Å². The van der Waals surface area contributed by atoms with Gasteiger partial charge in [0.05, 0.1) is 23.0 Å². The second kappa shape index (κ2) is 9.92. The Hall–Kier alpha value is -3.41. The fourth-order valence-corrected chi connectivity index (χ4v) is 4.76. The quantitative estimate of drug-likeness (QED) is 0.279. The molecule has 3 N–H and O–H groups in total. The third-order valence-electron chi connectivity index (χ3n) is 5.77. The van der Waals surface area contributed by atoms with Crippen LogP contribution in [-0.4, -0.2) is 36.6 Å². The molecule has 9 nitrogen and oxygen atoms in total. The predicted octanol–water partition coefficient (Wildman–Crippen LogP) is 3.69. The number of aromatic nitrogens is 3. The number of carboxylic acids is 1. The standard InChI is InChI=1S/C26H27IN4O5/c1-26(2,3)29-23(34)22-16-7-4-5-8-18(16)28-19(22)14-31-20-11-10-15(27)13-17(20)24(35)30(25(31)36)12-6-9-21(32)33/h4-5,7-8,10-11,13,28H,6,9,12,14H2,1-3H3,(H,29,34)(H,32,33). The van der Waals surface area contributed by atoms with Crippen LogP contribution >= 0.6 is 22.6 Å². The molecule has 36 heavy (non-hydrogen) atoms. The first kappa shape index (κ1) is 25.7. The van der Waals surface area contributed by atoms with E-state index in [0.717, 1.165) is 19.0 Å². The van der Waals surface area contributed by atoms with Gasteiger partial charge in [-0.15, -0.1) is 0 Å². The van der Waals surface area contributed by atoms with Crippen molar-refractivity contribution >= 4 is 56.3 Å². The number of benzene rings is 2. The van der Waals surface area contributed by atoms with E-state index in [1.807, 2.05) is 51.1 Å². The molecule has 0 saturated heterocycles. The second-order valence-corrected chi connectivity index (χ2v) is 11.0. The number of nitrogens with zero attached hydrogens (tertiary/aromatic N) is 2. The first-order valence-corrected chi connectivity index (χ1v) is 12.6. The highest BCUT2D eigenvalue weighted by atomic mass is 127. The monoisotopic (exact) mass is 602 g/mol. The van der Waals surface area contributed by atoms with Crippen molar-refractivity contribution in [2.75, 3.05) is 0 Å². The molecule has 4 rings (SSSR count). The molecule has 2 aromatic heterocycles. The van der Waals surface area contributed by atoms with Gasteiger partial charge in [-0.2, -0.15) is 0 Å². The Bertz CT molecular complexity index is 1610. The van der Waals surface area contributed by atoms with E-state index < -0.39 is 22.8 Å². The molecule has 4 aromatic rings. The first-order valence-electron chi connectivity index (χ1n) is 11.5. The molecule has 0 fully saturated rings. The molecule has 10 heteroatoms. The molecule has 0 aliphatic carbocycles. The van der Waals surface area contributed by atoms with Crippen molar-refractivity contribution in [1.29, 1.82) is 0 Å². The molecule has 2 heterocycles. The van der Waals surface area contributed by atoms with Crippen molar-refractivity contribution < 1.29 is 14.7 Å². The van der Waals surface area contributed by atoms with Crippen LogP contribution in [0.15, 0.2) is 52.1 Å². The minimum atomic E-state index is -0.994. The number of fused-ring (bicyclic) bond motifs is 2. The number of aromatic amines is 1. The molecule has 0 aliphatic rings. The maximum atomic E-state index is 13.6. The Morgan fingerprint density at radius 3 is 2.47 bits per heavy atom. The summed E-state index contributed by atoms with van der Waals surface area (Å²) >= 11 is 2.10. The Morgan fingerprint density at radius 1 is 1.06 bits per heavy atom. The lowest BCUT2D eigenvalue weighted by atomic mass is 10.1. The van der Waals surface area contributed by atoms with Gasteiger partial charge in [0.15, 0.2) is 0 Å². The number of carboxylic acid groups (broad SMARTS) is 1. The summed E-state index contributed by atoms with van der Waals surface area (Å²) in [6.07, 6.45) is -0.0130. The van der Waals surface area contributed by atoms with Gasteiger partial charge in [0.25, 0.3) is 11.5 Å². The lowest BCUT2D eigenvalue weighted by Gasteiger charge is -2.21. The predicted molar refractivity (Wildman–Crippen MR) is 147 cm³/mol. The van der Waals surface area contributed by atoms with E-state index in [1.54, 1.807) is 12.1 Å². The number of nitrogens with one attached hydrogen (secondary N) is 2. The molecular weight excluding hydrogens is 575 g/mol. The van der Waals surface area contributed by atoms with Crippen molar-refractivity contribution in [2.45, 2.75) is 52.2 Å². The summed E-state index contributed by atoms with van der Waals surface area (Å²) in [5.41, 5.74) is 0.696. The fourth-order valence-electron chi connectivity index (χ4n) is 4.27. The molecule has 0 aliphatic heterocycles. The average molecular weight is 602 g/mol. The minimum Gasteiger partial charge on any atom is -0.481 e. The van der Waals surface area contributed by atoms with Crippen molar-refractivity contribution in [2.24, 2.45) is 0 Å². The summed E-state index contributed by atoms with van der Waals surface area (Å²) in [6, 6.07) is 12.7. The van der Waals surface area contributed by atoms with Crippen molar-refractivity contribution in [3.63, 3.8) is 0 Å². The van der Waals surface area contributed by atoms with Crippen molar-refractivity contribution in [3.8, 4) is 0 Å². The molecule has 1 amide bonds. The molecule has 0 unspecified atom stereocenters. The van der Waals surface area contributed by atoms with Gasteiger partial charge in [-0.05, 0) is 74.0 Å². The minimum absolute atomic E-state index is 0.0184. The number of amides is 1. The van der Waals surface area contributed by atoms with Crippen LogP contribution in [0.5, 0.6) is 0 Å². The molecule has 0 bridgehead atoms. The summed E-state index contributed by atoms with van der Waals surface area (Å²) < 4.78 is 3.38. The van der Waals surface area contributed by atoms with E-state index in [2.05, 4.69) is 32.9 Å². The third kappa shape index (κ3) is 5.23. The summed E-state index contributed by atoms with van der Waals surface area (Å²) in [7, 11) is 0. The number of carbonyl (C=O) groups excluding carboxylic acids is 1. The van der Waals surface area contributed by atoms with Gasteiger partial charge in [0.2, 0.25) is 0 Å². The van der Waals surface area contributed by atoms with E-state index in [-0.39, 0.29) is 31.8 Å². The normalized spacial score (nSPS) is 11.8. The van der Waals surface area contributed by atoms with Crippen LogP contribution in [0.4, 0.5) is 0 Å². The summed E-state index contributed by atoms with van der Waals surface area (Å²) in [5, 5.41) is 13.1. The topological polar surface area (TPSA) is 126 Å². The number of carbonyl (C=O) groups is 2. The Balaban J connectivity index is 1.91. The van der Waals surface area contributed by atoms with Crippen molar-refractivity contribution in [3.05, 3.63) is 78.1 Å². The zero-order valence-corrected chi connectivity index (χ0v) is 22.4. The molecule has 188 valence electrons. The van der Waals surface area contributed by atoms with Crippen LogP contribution in [0.3, 0.4) is 0 Å². The average Bonchev–Trinajstić information content (AvgIpc) is 3.16. The maximum absolute atomic E-state index is 13.6. The summed E-state index contributed by atoms with van der Waals surface area (Å²) in [5.74, 6) is -1.26. The van der Waals surface area contributed by atoms with E-state index in [4.69, 9.17) is 5.11 Å². The maximum Gasteiger partial charge on any atom is 0.331 e. The zero-order chi connectivity index (χ0) is 26.2. The number of aliphatic carboxylic acids is 1. The van der Waals surface area contributed by atoms with Gasteiger partial charge in [-0.1, -0.05) is 18.2 Å². The van der Waals surface area contributed by atoms with Crippen LogP contribution in [0.2, 0.25) is 0 Å². The van der Waals surface area contributed by atoms with Crippen molar-refractivity contribution in [1.82, 2.24) is 19.4 Å². The zero-order valence-electron chi connectivity index (χ0n) is 20.2. The van der Waals surface area contributed by atoms with Crippen LogP contribution < -0.4 is 16.6 Å². The summed E-state index contributed by atoms with van der Waals surface area (Å²) in [4.78, 5) is 54.4. The largest absolute Gasteiger partial charge is 0.481 e. The van der Waals surface area contributed by atoms with Gasteiger partial charge in [-0.3, -0.25) is 23.5 Å². The fraction of sp³-hybridized carbons (Fsp3) is 0.308. The number of hydrogen-bond donors (Lipinski definition) is 3. The molecular formula is C26H27IN4O5. The SMILES string of the molecule is CC(C)(C)NC(=O)c1c(Cn2c(=O)n(CCCC(=O)O)c(=O)c3cc(I)ccc32)[nH]c2ccccc12. The number of hydrogen-bond acceptors (Lipinski definition) is 4. The number of para-hydroxylation sites is 1. The van der Waals surface area contributed by atoms with Gasteiger partial charge >= 0.3 is 11.7 Å². The van der Waals surface area contributed by atoms with Gasteiger partial charge in [0, 0.05) is 38.7 Å². The van der Waals surface area contributed by atoms with E-state index in [1.165, 1.54) is 4.57 Å². The summed E-state index contributed by atoms with van der Waals surface area (Å²) in [6.45, 7) is 5.69. The van der Waals surface area contributed by atoms with Crippen LogP contribution in [-0.2, 0) is 17.9 Å². The lowest BCUT2D eigenvalue weighted by molar-refractivity contribution is -0.137. The lowest BCUT2D eigenvalue weighted by Crippen LogP contribution is -2.42. The molecule has 0 spiro atoms. The third-order valence-corrected chi connectivity index (χ3v) is 6.45. The highest BCUT2D eigenvalue weighted by Crippen LogP contribution is 2.25. The van der Waals surface area contributed by atoms with Gasteiger partial charge < -0.3 is 15.4 Å². The highest BCUT2D eigenvalue weighted by molar-refractivity contribution is 14.1. The Kier molecular flexibility index (Phi) is 7.07. The molecule has 0 radical (unpaired) electrons. The van der Waals surface area contributed by atoms with E-state index >= 15 is 0 Å². The number of rotatable bonds is 7. The Morgan fingerprint density at radius 2 is 1.78 bits per heavy atom. The Labute approximate surface area is 220 Å². The van der Waals surface area contributed by atoms with E-state index in [0.29, 0.717) is 22.2 Å². The van der Waals surface area contributed by atoms with Crippen LogP contribution in [0.25, 0.3) is 21.8 Å². The van der Waals surface area contributed by atoms with E-state index in [9.17, 15) is 19.2 Å². The highest BCUT2D eigenvalue weighted by Gasteiger charge is 2.24. The molecule has 0 saturated carbocycles. The van der Waals surface area contributed by atoms with Crippen LogP contribution in [0.1, 0.15) is 49.7 Å².